The number of amides is 1. The smallest absolute Gasteiger partial charge is 0.264 e. The highest BCUT2D eigenvalue weighted by molar-refractivity contribution is 6.31. The first kappa shape index (κ1) is 18.4. The number of benzene rings is 3. The molecule has 0 saturated carbocycles. The number of hydrogen-bond donors (Lipinski definition) is 1. The molecule has 1 heterocycles. The van der Waals surface area contributed by atoms with E-state index in [1.54, 1.807) is 42.5 Å². The van der Waals surface area contributed by atoms with E-state index in [1.165, 1.54) is 4.90 Å². The molecule has 0 spiro atoms. The number of rotatable bonds is 5. The van der Waals surface area contributed by atoms with Crippen molar-refractivity contribution in [3.05, 3.63) is 101 Å². The maximum atomic E-state index is 13.2. The number of fused-ring (bicyclic) bond motifs is 1. The van der Waals surface area contributed by atoms with Gasteiger partial charge in [-0.25, -0.2) is 0 Å². The quantitative estimate of drug-likeness (QED) is 0.658. The molecule has 1 aliphatic heterocycles. The number of ketones is 1. The fourth-order valence-corrected chi connectivity index (χ4v) is 3.75. The number of carbonyl (C=O) groups excluding carboxylic acids is 2. The van der Waals surface area contributed by atoms with Crippen LogP contribution >= 0.6 is 11.6 Å². The van der Waals surface area contributed by atoms with Crippen LogP contribution < -0.4 is 4.90 Å². The zero-order chi connectivity index (χ0) is 19.7. The standard InChI is InChI=1S/C23H18ClNO3/c24-18-11-12-20-19(13-18)23(28,14-21(26)17-9-5-2-6-10-17)22(27)25(20)15-16-7-3-1-4-8-16/h1-13,28H,14-15H2. The first-order chi connectivity index (χ1) is 13.5. The summed E-state index contributed by atoms with van der Waals surface area (Å²) in [6, 6.07) is 23.1. The van der Waals surface area contributed by atoms with Gasteiger partial charge in [-0.3, -0.25) is 9.59 Å². The van der Waals surface area contributed by atoms with E-state index in [4.69, 9.17) is 11.6 Å². The largest absolute Gasteiger partial charge is 0.375 e. The maximum Gasteiger partial charge on any atom is 0.264 e. The predicted octanol–water partition coefficient (Wildman–Crippen LogP) is 4.35. The van der Waals surface area contributed by atoms with Crippen LogP contribution in [0.2, 0.25) is 5.02 Å². The van der Waals surface area contributed by atoms with Gasteiger partial charge in [0.15, 0.2) is 11.4 Å². The Bertz CT molecular complexity index is 1040. The van der Waals surface area contributed by atoms with E-state index in [2.05, 4.69) is 0 Å². The molecule has 0 saturated heterocycles. The Hall–Kier alpha value is -2.95. The number of aliphatic hydroxyl groups is 1. The maximum absolute atomic E-state index is 13.2. The average Bonchev–Trinajstić information content (AvgIpc) is 2.91. The van der Waals surface area contributed by atoms with Crippen LogP contribution in [-0.4, -0.2) is 16.8 Å². The van der Waals surface area contributed by atoms with Gasteiger partial charge >= 0.3 is 0 Å². The molecule has 1 aliphatic rings. The molecular weight excluding hydrogens is 374 g/mol. The lowest BCUT2D eigenvalue weighted by Gasteiger charge is -2.23. The van der Waals surface area contributed by atoms with Gasteiger partial charge in [0.05, 0.1) is 18.7 Å². The normalized spacial score (nSPS) is 18.2. The average molecular weight is 392 g/mol. The Balaban J connectivity index is 1.72. The number of hydrogen-bond acceptors (Lipinski definition) is 3. The molecule has 3 aromatic rings. The topological polar surface area (TPSA) is 57.6 Å². The zero-order valence-electron chi connectivity index (χ0n) is 15.0. The van der Waals surface area contributed by atoms with Crippen molar-refractivity contribution < 1.29 is 14.7 Å². The summed E-state index contributed by atoms with van der Waals surface area (Å²) in [5.74, 6) is -0.818. The van der Waals surface area contributed by atoms with E-state index in [9.17, 15) is 14.7 Å². The van der Waals surface area contributed by atoms with Crippen LogP contribution in [0.25, 0.3) is 0 Å². The SMILES string of the molecule is O=C(CC1(O)C(=O)N(Cc2ccccc2)c2ccc(Cl)cc21)c1ccccc1. The summed E-state index contributed by atoms with van der Waals surface area (Å²) in [6.45, 7) is 0.302. The predicted molar refractivity (Wildman–Crippen MR) is 108 cm³/mol. The lowest BCUT2D eigenvalue weighted by Crippen LogP contribution is -2.41. The van der Waals surface area contributed by atoms with Crippen molar-refractivity contribution in [1.82, 2.24) is 0 Å². The van der Waals surface area contributed by atoms with Crippen molar-refractivity contribution in [1.29, 1.82) is 0 Å². The van der Waals surface area contributed by atoms with Gasteiger partial charge in [-0.15, -0.1) is 0 Å². The highest BCUT2D eigenvalue weighted by atomic mass is 35.5. The first-order valence-electron chi connectivity index (χ1n) is 8.95. The van der Waals surface area contributed by atoms with Crippen LogP contribution in [0.1, 0.15) is 27.9 Å². The third-order valence-electron chi connectivity index (χ3n) is 4.99. The molecule has 3 aromatic carbocycles. The summed E-state index contributed by atoms with van der Waals surface area (Å²) >= 11 is 6.13. The molecule has 28 heavy (non-hydrogen) atoms. The summed E-state index contributed by atoms with van der Waals surface area (Å²) in [6.07, 6.45) is -0.339. The first-order valence-corrected chi connectivity index (χ1v) is 9.33. The van der Waals surface area contributed by atoms with Crippen LogP contribution in [0, 0.1) is 0 Å². The summed E-state index contributed by atoms with van der Waals surface area (Å²) < 4.78 is 0. The molecule has 0 fully saturated rings. The second-order valence-corrected chi connectivity index (χ2v) is 7.30. The Morgan fingerprint density at radius 3 is 2.29 bits per heavy atom. The number of nitrogens with zero attached hydrogens (tertiary/aromatic N) is 1. The summed E-state index contributed by atoms with van der Waals surface area (Å²) in [5, 5.41) is 11.7. The highest BCUT2D eigenvalue weighted by Crippen LogP contribution is 2.44. The van der Waals surface area contributed by atoms with Crippen molar-refractivity contribution in [2.24, 2.45) is 0 Å². The number of halogens is 1. The van der Waals surface area contributed by atoms with E-state index in [1.807, 2.05) is 36.4 Å². The lowest BCUT2D eigenvalue weighted by atomic mass is 9.88. The molecule has 5 heteroatoms. The Labute approximate surface area is 168 Å². The molecule has 1 N–H and O–H groups in total. The zero-order valence-corrected chi connectivity index (χ0v) is 15.8. The van der Waals surface area contributed by atoms with Gasteiger partial charge in [0.25, 0.3) is 5.91 Å². The fraction of sp³-hybridized carbons (Fsp3) is 0.130. The van der Waals surface area contributed by atoms with E-state index >= 15 is 0 Å². The number of anilines is 1. The Kier molecular flexibility index (Phi) is 4.75. The van der Waals surface area contributed by atoms with Gasteiger partial charge in [-0.1, -0.05) is 72.3 Å². The second kappa shape index (κ2) is 7.23. The van der Waals surface area contributed by atoms with Gasteiger partial charge in [-0.05, 0) is 23.8 Å². The van der Waals surface area contributed by atoms with Gasteiger partial charge < -0.3 is 10.0 Å². The molecule has 140 valence electrons. The second-order valence-electron chi connectivity index (χ2n) is 6.86. The van der Waals surface area contributed by atoms with Crippen molar-refractivity contribution in [3.63, 3.8) is 0 Å². The molecule has 4 nitrogen and oxygen atoms in total. The number of Topliss-reactive ketones (excluding diaryl/α,β-unsaturated/α-hetero) is 1. The van der Waals surface area contributed by atoms with Crippen LogP contribution in [0.15, 0.2) is 78.9 Å². The molecule has 0 aliphatic carbocycles. The summed E-state index contributed by atoms with van der Waals surface area (Å²) in [5.41, 5.74) is 0.373. The summed E-state index contributed by atoms with van der Waals surface area (Å²) in [7, 11) is 0. The number of carbonyl (C=O) groups is 2. The molecule has 1 atom stereocenters. The van der Waals surface area contributed by atoms with E-state index < -0.39 is 11.5 Å². The molecule has 1 amide bonds. The van der Waals surface area contributed by atoms with Crippen molar-refractivity contribution in [3.8, 4) is 0 Å². The molecule has 0 radical (unpaired) electrons. The lowest BCUT2D eigenvalue weighted by molar-refractivity contribution is -0.136. The van der Waals surface area contributed by atoms with Gasteiger partial charge in [0.1, 0.15) is 0 Å². The third kappa shape index (κ3) is 3.21. The summed E-state index contributed by atoms with van der Waals surface area (Å²) in [4.78, 5) is 27.5. The van der Waals surface area contributed by atoms with Crippen molar-refractivity contribution >= 4 is 29.0 Å². The van der Waals surface area contributed by atoms with E-state index in [0.717, 1.165) is 5.56 Å². The molecule has 0 bridgehead atoms. The van der Waals surface area contributed by atoms with Gasteiger partial charge in [0.2, 0.25) is 0 Å². The molecular formula is C23H18ClNO3. The minimum absolute atomic E-state index is 0.302. The van der Waals surface area contributed by atoms with Crippen LogP contribution in [0.5, 0.6) is 0 Å². The van der Waals surface area contributed by atoms with Crippen molar-refractivity contribution in [2.75, 3.05) is 4.90 Å². The minimum Gasteiger partial charge on any atom is -0.375 e. The van der Waals surface area contributed by atoms with Crippen LogP contribution in [0.4, 0.5) is 5.69 Å². The Morgan fingerprint density at radius 1 is 0.964 bits per heavy atom. The third-order valence-corrected chi connectivity index (χ3v) is 5.22. The fourth-order valence-electron chi connectivity index (χ4n) is 3.58. The van der Waals surface area contributed by atoms with Crippen LogP contribution in [0.3, 0.4) is 0 Å². The van der Waals surface area contributed by atoms with Gasteiger partial charge in [-0.2, -0.15) is 0 Å². The highest BCUT2D eigenvalue weighted by Gasteiger charge is 2.51. The molecule has 4 rings (SSSR count). The minimum atomic E-state index is -1.94. The van der Waals surface area contributed by atoms with Crippen LogP contribution in [-0.2, 0) is 16.9 Å². The molecule has 1 unspecified atom stereocenters. The molecule has 0 aromatic heterocycles. The van der Waals surface area contributed by atoms with E-state index in [-0.39, 0.29) is 12.2 Å². The Morgan fingerprint density at radius 2 is 1.61 bits per heavy atom. The monoisotopic (exact) mass is 391 g/mol. The van der Waals surface area contributed by atoms with E-state index in [0.29, 0.717) is 28.4 Å². The van der Waals surface area contributed by atoms with Gasteiger partial charge in [0, 0.05) is 16.1 Å². The van der Waals surface area contributed by atoms with Crippen molar-refractivity contribution in [2.45, 2.75) is 18.6 Å².